The van der Waals surface area contributed by atoms with Gasteiger partial charge < -0.3 is 5.21 Å². The summed E-state index contributed by atoms with van der Waals surface area (Å²) in [5.41, 5.74) is -0.313. The van der Waals surface area contributed by atoms with Gasteiger partial charge in [0.15, 0.2) is 0 Å². The lowest BCUT2D eigenvalue weighted by Crippen LogP contribution is -2.51. The van der Waals surface area contributed by atoms with Crippen LogP contribution in [-0.2, 0) is 4.79 Å². The van der Waals surface area contributed by atoms with Crippen LogP contribution >= 0.6 is 0 Å². The fraction of sp³-hybridized carbons (Fsp3) is 0.462. The summed E-state index contributed by atoms with van der Waals surface area (Å²) in [5, 5.41) is 12.5. The highest BCUT2D eigenvalue weighted by Gasteiger charge is 2.54. The van der Waals surface area contributed by atoms with E-state index >= 15 is 0 Å². The van der Waals surface area contributed by atoms with E-state index in [0.717, 1.165) is 4.74 Å². The van der Waals surface area contributed by atoms with Gasteiger partial charge in [0.2, 0.25) is 0 Å². The molecule has 5 heteroatoms. The van der Waals surface area contributed by atoms with E-state index in [1.54, 1.807) is 38.4 Å². The molecule has 18 heavy (non-hydrogen) atoms. The number of amides is 1. The van der Waals surface area contributed by atoms with Crippen molar-refractivity contribution in [2.24, 2.45) is 5.92 Å². The van der Waals surface area contributed by atoms with Crippen LogP contribution in [0.1, 0.15) is 26.5 Å². The first-order valence-corrected chi connectivity index (χ1v) is 5.94. The van der Waals surface area contributed by atoms with E-state index in [2.05, 4.69) is 4.98 Å². The number of carbonyl (C=O) groups excluding carboxylic acids is 1. The van der Waals surface area contributed by atoms with E-state index in [9.17, 15) is 10.0 Å². The lowest BCUT2D eigenvalue weighted by Gasteiger charge is -2.32. The molecule has 2 rings (SSSR count). The molecule has 1 aromatic heterocycles. The monoisotopic (exact) mass is 247 g/mol. The summed E-state index contributed by atoms with van der Waals surface area (Å²) in [7, 11) is 1.66. The SMILES string of the molecule is CC(C)C1(C)N(C)C(=O)C(c2ccccn2)=[N+]1[O-]. The Bertz CT molecular complexity index is 510. The standard InChI is InChI=1S/C13H17N3O2/c1-9(2)13(3)15(4)12(17)11(16(13)18)10-7-5-6-8-14-10/h5-9H,1-4H3. The zero-order valence-electron chi connectivity index (χ0n) is 11.0. The first-order chi connectivity index (χ1) is 8.40. The van der Waals surface area contributed by atoms with E-state index in [1.807, 2.05) is 13.8 Å². The van der Waals surface area contributed by atoms with E-state index in [-0.39, 0.29) is 17.5 Å². The zero-order valence-corrected chi connectivity index (χ0v) is 11.0. The van der Waals surface area contributed by atoms with Crippen molar-refractivity contribution in [3.8, 4) is 0 Å². The number of carbonyl (C=O) groups is 1. The van der Waals surface area contributed by atoms with Crippen LogP contribution in [-0.4, -0.2) is 39.0 Å². The van der Waals surface area contributed by atoms with Crippen molar-refractivity contribution in [1.82, 2.24) is 9.88 Å². The lowest BCUT2D eigenvalue weighted by molar-refractivity contribution is -0.570. The summed E-state index contributed by atoms with van der Waals surface area (Å²) >= 11 is 0. The van der Waals surface area contributed by atoms with Crippen molar-refractivity contribution < 1.29 is 9.53 Å². The molecule has 1 atom stereocenters. The molecule has 1 amide bonds. The van der Waals surface area contributed by atoms with Crippen molar-refractivity contribution >= 4 is 11.6 Å². The Balaban J connectivity index is 2.60. The number of rotatable bonds is 2. The Labute approximate surface area is 106 Å². The van der Waals surface area contributed by atoms with Gasteiger partial charge in [0.25, 0.3) is 5.66 Å². The Kier molecular flexibility index (Phi) is 2.84. The molecule has 0 saturated carbocycles. The highest BCUT2D eigenvalue weighted by molar-refractivity contribution is 6.43. The van der Waals surface area contributed by atoms with Gasteiger partial charge >= 0.3 is 11.6 Å². The number of hydroxylamine groups is 1. The number of nitrogens with zero attached hydrogens (tertiary/aromatic N) is 3. The van der Waals surface area contributed by atoms with Crippen molar-refractivity contribution in [2.45, 2.75) is 26.4 Å². The van der Waals surface area contributed by atoms with Crippen LogP contribution < -0.4 is 0 Å². The highest BCUT2D eigenvalue weighted by Crippen LogP contribution is 2.30. The van der Waals surface area contributed by atoms with Crippen LogP contribution in [0.15, 0.2) is 24.4 Å². The fourth-order valence-electron chi connectivity index (χ4n) is 2.15. The van der Waals surface area contributed by atoms with Crippen LogP contribution in [0.2, 0.25) is 0 Å². The molecule has 1 aliphatic heterocycles. The van der Waals surface area contributed by atoms with Crippen LogP contribution in [0.4, 0.5) is 0 Å². The van der Waals surface area contributed by atoms with Gasteiger partial charge in [-0.3, -0.25) is 9.69 Å². The topological polar surface area (TPSA) is 59.3 Å². The van der Waals surface area contributed by atoms with Gasteiger partial charge in [-0.05, 0) is 12.1 Å². The Morgan fingerprint density at radius 1 is 1.44 bits per heavy atom. The Morgan fingerprint density at radius 2 is 2.11 bits per heavy atom. The minimum absolute atomic E-state index is 0.0187. The Hall–Kier alpha value is -1.91. The minimum Gasteiger partial charge on any atom is -0.621 e. The average Bonchev–Trinajstić information content (AvgIpc) is 2.53. The molecule has 0 bridgehead atoms. The second-order valence-corrected chi connectivity index (χ2v) is 4.97. The van der Waals surface area contributed by atoms with Crippen LogP contribution in [0.3, 0.4) is 0 Å². The predicted octanol–water partition coefficient (Wildman–Crippen LogP) is 1.23. The molecule has 1 aliphatic rings. The highest BCUT2D eigenvalue weighted by atomic mass is 16.5. The summed E-state index contributed by atoms with van der Waals surface area (Å²) in [6, 6.07) is 5.20. The molecule has 5 nitrogen and oxygen atoms in total. The molecule has 0 radical (unpaired) electrons. The second-order valence-electron chi connectivity index (χ2n) is 4.97. The first kappa shape index (κ1) is 12.5. The number of hydrogen-bond acceptors (Lipinski definition) is 3. The summed E-state index contributed by atoms with van der Waals surface area (Å²) in [4.78, 5) is 17.8. The van der Waals surface area contributed by atoms with Crippen LogP contribution in [0.5, 0.6) is 0 Å². The van der Waals surface area contributed by atoms with Gasteiger partial charge in [-0.2, -0.15) is 4.74 Å². The number of pyridine rings is 1. The number of hydrogen-bond donors (Lipinski definition) is 0. The number of likely N-dealkylation sites (N-methyl/N-ethyl adjacent to an activating group) is 1. The van der Waals surface area contributed by atoms with Crippen LogP contribution in [0, 0.1) is 11.1 Å². The van der Waals surface area contributed by atoms with E-state index in [0.29, 0.717) is 5.69 Å². The summed E-state index contributed by atoms with van der Waals surface area (Å²) < 4.78 is 0.794. The largest absolute Gasteiger partial charge is 0.621 e. The van der Waals surface area contributed by atoms with Crippen molar-refractivity contribution in [1.29, 1.82) is 0 Å². The van der Waals surface area contributed by atoms with Gasteiger partial charge in [-0.1, -0.05) is 19.9 Å². The van der Waals surface area contributed by atoms with Gasteiger partial charge in [-0.15, -0.1) is 0 Å². The van der Waals surface area contributed by atoms with Gasteiger partial charge in [0.05, 0.1) is 0 Å². The molecule has 1 unspecified atom stereocenters. The quantitative estimate of drug-likeness (QED) is 0.583. The maximum atomic E-state index is 12.5. The molecular formula is C13H17N3O2. The third-order valence-corrected chi connectivity index (χ3v) is 3.80. The van der Waals surface area contributed by atoms with Gasteiger partial charge in [-0.25, -0.2) is 4.98 Å². The van der Waals surface area contributed by atoms with Crippen LogP contribution in [0.25, 0.3) is 0 Å². The average molecular weight is 247 g/mol. The third kappa shape index (κ3) is 1.50. The van der Waals surface area contributed by atoms with Gasteiger partial charge in [0.1, 0.15) is 5.69 Å². The normalized spacial score (nSPS) is 24.3. The van der Waals surface area contributed by atoms with Crippen molar-refractivity contribution in [3.63, 3.8) is 0 Å². The maximum absolute atomic E-state index is 12.5. The zero-order chi connectivity index (χ0) is 13.5. The van der Waals surface area contributed by atoms with Crippen molar-refractivity contribution in [3.05, 3.63) is 35.3 Å². The predicted molar refractivity (Wildman–Crippen MR) is 68.0 cm³/mol. The summed E-state index contributed by atoms with van der Waals surface area (Å²) in [6.07, 6.45) is 1.58. The third-order valence-electron chi connectivity index (χ3n) is 3.80. The maximum Gasteiger partial charge on any atom is 0.326 e. The second kappa shape index (κ2) is 4.08. The first-order valence-electron chi connectivity index (χ1n) is 5.94. The van der Waals surface area contributed by atoms with E-state index in [1.165, 1.54) is 4.90 Å². The smallest absolute Gasteiger partial charge is 0.326 e. The summed E-state index contributed by atoms with van der Waals surface area (Å²) in [6.45, 7) is 5.63. The number of aromatic nitrogens is 1. The molecular weight excluding hydrogens is 230 g/mol. The van der Waals surface area contributed by atoms with E-state index in [4.69, 9.17) is 0 Å². The molecule has 2 heterocycles. The molecule has 0 aliphatic carbocycles. The lowest BCUT2D eigenvalue weighted by atomic mass is 9.98. The molecule has 0 spiro atoms. The Morgan fingerprint density at radius 3 is 2.56 bits per heavy atom. The molecule has 96 valence electrons. The fourth-order valence-corrected chi connectivity index (χ4v) is 2.15. The molecule has 0 N–H and O–H groups in total. The van der Waals surface area contributed by atoms with E-state index < -0.39 is 5.66 Å². The van der Waals surface area contributed by atoms with Gasteiger partial charge in [0, 0.05) is 26.1 Å². The molecule has 0 saturated heterocycles. The molecule has 0 aromatic carbocycles. The molecule has 1 aromatic rings. The minimum atomic E-state index is -0.857. The molecule has 0 fully saturated rings. The summed E-state index contributed by atoms with van der Waals surface area (Å²) in [5.74, 6) is -0.259. The van der Waals surface area contributed by atoms with Crippen molar-refractivity contribution in [2.75, 3.05) is 7.05 Å².